The van der Waals surface area contributed by atoms with Gasteiger partial charge in [0.15, 0.2) is 4.48 Å². The van der Waals surface area contributed by atoms with Crippen LogP contribution < -0.4 is 0 Å². The number of carbonyl (C=O) groups is 1. The summed E-state index contributed by atoms with van der Waals surface area (Å²) >= 11 is 2.87. The smallest absolute Gasteiger partial charge is 0.352 e. The fourth-order valence-electron chi connectivity index (χ4n) is 1.09. The molecule has 1 aromatic rings. The lowest BCUT2D eigenvalue weighted by Gasteiger charge is -2.01. The van der Waals surface area contributed by atoms with Crippen molar-refractivity contribution in [3.8, 4) is 0 Å². The molecule has 0 radical (unpaired) electrons. The average Bonchev–Trinajstić information content (AvgIpc) is 2.29. The van der Waals surface area contributed by atoms with Crippen molar-refractivity contribution in [1.29, 1.82) is 0 Å². The van der Waals surface area contributed by atoms with Gasteiger partial charge in [0.2, 0.25) is 0 Å². The van der Waals surface area contributed by atoms with E-state index < -0.39 is 10.9 Å². The van der Waals surface area contributed by atoms with Crippen molar-refractivity contribution in [2.45, 2.75) is 0 Å². The van der Waals surface area contributed by atoms with Crippen LogP contribution in [0.2, 0.25) is 0 Å². The molecule has 0 aliphatic rings. The van der Waals surface area contributed by atoms with Crippen LogP contribution in [-0.4, -0.2) is 18.0 Å². The molecule has 0 heterocycles. The third-order valence-corrected chi connectivity index (χ3v) is 2.50. The number of hydrogen-bond acceptors (Lipinski definition) is 4. The van der Waals surface area contributed by atoms with E-state index in [1.807, 2.05) is 0 Å². The van der Waals surface area contributed by atoms with E-state index in [4.69, 9.17) is 0 Å². The maximum Gasteiger partial charge on any atom is 0.352 e. The quantitative estimate of drug-likeness (QED) is 0.369. The Kier molecular flexibility index (Phi) is 4.19. The molecule has 6 heteroatoms. The van der Waals surface area contributed by atoms with Gasteiger partial charge in [0.05, 0.1) is 17.6 Å². The van der Waals surface area contributed by atoms with Crippen LogP contribution in [0.25, 0.3) is 5.70 Å². The lowest BCUT2D eigenvalue weighted by molar-refractivity contribution is -0.375. The van der Waals surface area contributed by atoms with Gasteiger partial charge in [-0.3, -0.25) is 10.1 Å². The fourth-order valence-corrected chi connectivity index (χ4v) is 1.63. The first-order valence-corrected chi connectivity index (χ1v) is 5.05. The van der Waals surface area contributed by atoms with Crippen LogP contribution in [0, 0.1) is 10.1 Å². The van der Waals surface area contributed by atoms with Crippen LogP contribution in [-0.2, 0) is 9.53 Å². The number of ether oxygens (including phenoxy) is 1. The van der Waals surface area contributed by atoms with E-state index in [1.54, 1.807) is 30.3 Å². The van der Waals surface area contributed by atoms with E-state index in [0.717, 1.165) is 7.11 Å². The van der Waals surface area contributed by atoms with Gasteiger partial charge in [-0.2, -0.15) is 0 Å². The van der Waals surface area contributed by atoms with Gasteiger partial charge >= 0.3 is 5.97 Å². The van der Waals surface area contributed by atoms with Crippen molar-refractivity contribution >= 4 is 27.6 Å². The Hall–Kier alpha value is -1.69. The number of rotatable bonds is 3. The Labute approximate surface area is 100.0 Å². The van der Waals surface area contributed by atoms with Crippen LogP contribution in [0.1, 0.15) is 5.56 Å². The summed E-state index contributed by atoms with van der Waals surface area (Å²) in [6, 6.07) is 8.12. The largest absolute Gasteiger partial charge is 0.465 e. The predicted octanol–water partition coefficient (Wildman–Crippen LogP) is 2.20. The number of methoxy groups -OCH3 is 1. The molecule has 0 spiro atoms. The maximum absolute atomic E-state index is 11.2. The first-order chi connectivity index (χ1) is 7.57. The normalized spacial score (nSPS) is 11.6. The Morgan fingerprint density at radius 3 is 2.38 bits per heavy atom. The first-order valence-electron chi connectivity index (χ1n) is 4.25. The van der Waals surface area contributed by atoms with Crippen LogP contribution in [0.5, 0.6) is 0 Å². The third-order valence-electron chi connectivity index (χ3n) is 1.80. The molecule has 0 fully saturated rings. The highest BCUT2D eigenvalue weighted by Crippen LogP contribution is 2.24. The summed E-state index contributed by atoms with van der Waals surface area (Å²) in [5, 5.41) is 10.9. The van der Waals surface area contributed by atoms with E-state index >= 15 is 0 Å². The fraction of sp³-hybridized carbons (Fsp3) is 0.100. The summed E-state index contributed by atoms with van der Waals surface area (Å²) in [7, 11) is 1.16. The molecule has 5 nitrogen and oxygen atoms in total. The van der Waals surface area contributed by atoms with Gasteiger partial charge in [0, 0.05) is 0 Å². The predicted molar refractivity (Wildman–Crippen MR) is 61.3 cm³/mol. The third kappa shape index (κ3) is 2.66. The highest BCUT2D eigenvalue weighted by molar-refractivity contribution is 9.12. The second-order valence-electron chi connectivity index (χ2n) is 2.78. The van der Waals surface area contributed by atoms with Crippen molar-refractivity contribution in [3.05, 3.63) is 50.5 Å². The molecule has 0 saturated carbocycles. The number of benzene rings is 1. The number of esters is 1. The molecule has 0 saturated heterocycles. The van der Waals surface area contributed by atoms with Gasteiger partial charge in [-0.25, -0.2) is 4.79 Å². The average molecular weight is 286 g/mol. The van der Waals surface area contributed by atoms with Gasteiger partial charge in [-0.05, 0) is 28.1 Å². The molecule has 1 aromatic carbocycles. The molecular formula is C10H8BrNO4. The molecular weight excluding hydrogens is 278 g/mol. The van der Waals surface area contributed by atoms with Crippen molar-refractivity contribution in [2.75, 3.05) is 7.11 Å². The van der Waals surface area contributed by atoms with E-state index in [1.165, 1.54) is 0 Å². The molecule has 0 aliphatic heterocycles. The number of hydrogen-bond donors (Lipinski definition) is 0. The number of nitro groups is 1. The summed E-state index contributed by atoms with van der Waals surface area (Å²) in [5.41, 5.74) is 0.0252. The Bertz CT molecular complexity index is 441. The van der Waals surface area contributed by atoms with Crippen LogP contribution in [0.3, 0.4) is 0 Å². The Balaban J connectivity index is 3.30. The maximum atomic E-state index is 11.2. The molecule has 0 unspecified atom stereocenters. The summed E-state index contributed by atoms with van der Waals surface area (Å²) < 4.78 is 4.21. The van der Waals surface area contributed by atoms with Gasteiger partial charge in [-0.1, -0.05) is 18.2 Å². The standard InChI is InChI=1S/C10H8BrNO4/c1-16-10(13)8(11)9(12(14)15)7-5-3-2-4-6-7/h2-6H,1H3/b9-8-. The highest BCUT2D eigenvalue weighted by atomic mass is 79.9. The second-order valence-corrected chi connectivity index (χ2v) is 3.57. The van der Waals surface area contributed by atoms with Crippen LogP contribution >= 0.6 is 15.9 Å². The molecule has 0 N–H and O–H groups in total. The highest BCUT2D eigenvalue weighted by Gasteiger charge is 2.24. The van der Waals surface area contributed by atoms with Gasteiger partial charge < -0.3 is 4.74 Å². The van der Waals surface area contributed by atoms with E-state index in [-0.39, 0.29) is 10.2 Å². The molecule has 16 heavy (non-hydrogen) atoms. The molecule has 0 aromatic heterocycles. The lowest BCUT2D eigenvalue weighted by atomic mass is 10.1. The molecule has 1 rings (SSSR count). The van der Waals surface area contributed by atoms with Crippen LogP contribution in [0.15, 0.2) is 34.8 Å². The summed E-state index contributed by atoms with van der Waals surface area (Å²) in [6.45, 7) is 0. The van der Waals surface area contributed by atoms with Crippen molar-refractivity contribution in [2.24, 2.45) is 0 Å². The minimum atomic E-state index is -0.782. The number of halogens is 1. The molecule has 0 aliphatic carbocycles. The molecule has 84 valence electrons. The topological polar surface area (TPSA) is 69.4 Å². The molecule has 0 bridgehead atoms. The zero-order valence-electron chi connectivity index (χ0n) is 8.34. The second kappa shape index (κ2) is 5.41. The monoisotopic (exact) mass is 285 g/mol. The minimum Gasteiger partial charge on any atom is -0.465 e. The Morgan fingerprint density at radius 1 is 1.38 bits per heavy atom. The molecule has 0 amide bonds. The first kappa shape index (κ1) is 12.4. The van der Waals surface area contributed by atoms with E-state index in [2.05, 4.69) is 20.7 Å². The van der Waals surface area contributed by atoms with Crippen LogP contribution in [0.4, 0.5) is 0 Å². The minimum absolute atomic E-state index is 0.203. The van der Waals surface area contributed by atoms with E-state index in [9.17, 15) is 14.9 Å². The Morgan fingerprint density at radius 2 is 1.94 bits per heavy atom. The number of nitrogens with zero attached hydrogens (tertiary/aromatic N) is 1. The SMILES string of the molecule is COC(=O)/C(Br)=C(\c1ccccc1)[N+](=O)[O-]. The zero-order valence-corrected chi connectivity index (χ0v) is 9.93. The van der Waals surface area contributed by atoms with Crippen molar-refractivity contribution in [1.82, 2.24) is 0 Å². The van der Waals surface area contributed by atoms with Crippen molar-refractivity contribution in [3.63, 3.8) is 0 Å². The lowest BCUT2D eigenvalue weighted by Crippen LogP contribution is -2.07. The van der Waals surface area contributed by atoms with Gasteiger partial charge in [0.1, 0.15) is 0 Å². The van der Waals surface area contributed by atoms with Gasteiger partial charge in [0.25, 0.3) is 5.70 Å². The zero-order chi connectivity index (χ0) is 12.1. The summed E-state index contributed by atoms with van der Waals surface area (Å²) in [4.78, 5) is 21.4. The van der Waals surface area contributed by atoms with Gasteiger partial charge in [-0.15, -0.1) is 0 Å². The van der Waals surface area contributed by atoms with Crippen molar-refractivity contribution < 1.29 is 14.5 Å². The molecule has 0 atom stereocenters. The number of carbonyl (C=O) groups excluding carboxylic acids is 1. The summed E-state index contributed by atoms with van der Waals surface area (Å²) in [6.07, 6.45) is 0. The summed E-state index contributed by atoms with van der Waals surface area (Å²) in [5.74, 6) is -0.782. The van der Waals surface area contributed by atoms with E-state index in [0.29, 0.717) is 5.56 Å².